The zero-order chi connectivity index (χ0) is 15.6. The predicted molar refractivity (Wildman–Crippen MR) is 77.2 cm³/mol. The van der Waals surface area contributed by atoms with Gasteiger partial charge in [0.2, 0.25) is 0 Å². The topological polar surface area (TPSA) is 66.4 Å². The number of anilines is 1. The number of carboxylic acids is 1. The first-order valence-electron chi connectivity index (χ1n) is 6.30. The first-order chi connectivity index (χ1) is 9.88. The Morgan fingerprint density at radius 1 is 1.00 bits per heavy atom. The lowest BCUT2D eigenvalue weighted by molar-refractivity contribution is 0.0696. The average molecular weight is 287 g/mol. The molecule has 0 heterocycles. The lowest BCUT2D eigenvalue weighted by atomic mass is 10.1. The fraction of sp³-hybridized carbons (Fsp3) is 0.125. The molecule has 0 aliphatic rings. The second-order valence-corrected chi connectivity index (χ2v) is 4.75. The van der Waals surface area contributed by atoms with Gasteiger partial charge >= 0.3 is 5.97 Å². The Hall–Kier alpha value is -2.69. The van der Waals surface area contributed by atoms with E-state index in [1.807, 2.05) is 0 Å². The van der Waals surface area contributed by atoms with E-state index in [9.17, 15) is 14.0 Å². The molecule has 0 aromatic heterocycles. The second-order valence-electron chi connectivity index (χ2n) is 4.75. The third-order valence-electron chi connectivity index (χ3n) is 3.15. The van der Waals surface area contributed by atoms with Crippen LogP contribution in [-0.4, -0.2) is 17.0 Å². The molecular formula is C16H14FNO3. The van der Waals surface area contributed by atoms with Gasteiger partial charge in [0.15, 0.2) is 0 Å². The van der Waals surface area contributed by atoms with Crippen molar-refractivity contribution in [1.29, 1.82) is 0 Å². The standard InChI is InChI=1S/C16H14FNO3/c1-9-7-11(17)3-5-13(9)15(19)18-12-4-6-14(16(20)21)10(2)8-12/h3-8H,1-2H3,(H,18,19)(H,20,21). The van der Waals surface area contributed by atoms with Crippen LogP contribution in [0.1, 0.15) is 31.8 Å². The van der Waals surface area contributed by atoms with Gasteiger partial charge in [-0.2, -0.15) is 0 Å². The van der Waals surface area contributed by atoms with E-state index in [1.54, 1.807) is 19.9 Å². The number of nitrogens with one attached hydrogen (secondary N) is 1. The smallest absolute Gasteiger partial charge is 0.335 e. The molecule has 1 amide bonds. The van der Waals surface area contributed by atoms with Crippen molar-refractivity contribution in [2.75, 3.05) is 5.32 Å². The molecule has 21 heavy (non-hydrogen) atoms. The summed E-state index contributed by atoms with van der Waals surface area (Å²) in [4.78, 5) is 23.1. The van der Waals surface area contributed by atoms with Gasteiger partial charge in [-0.25, -0.2) is 9.18 Å². The maximum atomic E-state index is 13.0. The summed E-state index contributed by atoms with van der Waals surface area (Å²) in [6.45, 7) is 3.30. The van der Waals surface area contributed by atoms with Gasteiger partial charge in [0.05, 0.1) is 5.56 Å². The van der Waals surface area contributed by atoms with E-state index in [1.165, 1.54) is 30.3 Å². The Labute approximate surface area is 121 Å². The lowest BCUT2D eigenvalue weighted by Gasteiger charge is -2.09. The number of aromatic carboxylic acids is 1. The van der Waals surface area contributed by atoms with Crippen LogP contribution in [0.4, 0.5) is 10.1 Å². The van der Waals surface area contributed by atoms with Gasteiger partial charge in [-0.15, -0.1) is 0 Å². The van der Waals surface area contributed by atoms with Crippen LogP contribution in [0.2, 0.25) is 0 Å². The van der Waals surface area contributed by atoms with Crippen molar-refractivity contribution < 1.29 is 19.1 Å². The molecule has 0 fully saturated rings. The van der Waals surface area contributed by atoms with Crippen molar-refractivity contribution in [2.45, 2.75) is 13.8 Å². The summed E-state index contributed by atoms with van der Waals surface area (Å²) in [7, 11) is 0. The van der Waals surface area contributed by atoms with Gasteiger partial charge in [-0.05, 0) is 61.4 Å². The van der Waals surface area contributed by atoms with Crippen LogP contribution in [0, 0.1) is 19.7 Å². The highest BCUT2D eigenvalue weighted by Crippen LogP contribution is 2.17. The van der Waals surface area contributed by atoms with Crippen molar-refractivity contribution in [2.24, 2.45) is 0 Å². The lowest BCUT2D eigenvalue weighted by Crippen LogP contribution is -2.14. The molecule has 0 saturated carbocycles. The van der Waals surface area contributed by atoms with E-state index in [-0.39, 0.29) is 11.5 Å². The maximum absolute atomic E-state index is 13.0. The molecule has 0 saturated heterocycles. The van der Waals surface area contributed by atoms with Crippen LogP contribution in [0.15, 0.2) is 36.4 Å². The van der Waals surface area contributed by atoms with Crippen LogP contribution >= 0.6 is 0 Å². The zero-order valence-corrected chi connectivity index (χ0v) is 11.6. The first kappa shape index (κ1) is 14.7. The number of hydrogen-bond donors (Lipinski definition) is 2. The van der Waals surface area contributed by atoms with E-state index in [0.29, 0.717) is 22.4 Å². The van der Waals surface area contributed by atoms with Gasteiger partial charge in [-0.1, -0.05) is 0 Å². The highest BCUT2D eigenvalue weighted by atomic mass is 19.1. The molecule has 2 rings (SSSR count). The van der Waals surface area contributed by atoms with E-state index in [0.717, 1.165) is 0 Å². The largest absolute Gasteiger partial charge is 0.478 e. The molecule has 0 unspecified atom stereocenters. The highest BCUT2D eigenvalue weighted by Gasteiger charge is 2.12. The van der Waals surface area contributed by atoms with Crippen molar-refractivity contribution in [1.82, 2.24) is 0 Å². The fourth-order valence-electron chi connectivity index (χ4n) is 2.06. The molecule has 2 aromatic rings. The number of carboxylic acid groups (broad SMARTS) is 1. The molecule has 2 aromatic carbocycles. The number of rotatable bonds is 3. The quantitative estimate of drug-likeness (QED) is 0.909. The number of amides is 1. The van der Waals surface area contributed by atoms with Crippen molar-refractivity contribution in [3.63, 3.8) is 0 Å². The second kappa shape index (κ2) is 5.75. The molecule has 0 bridgehead atoms. The molecule has 5 heteroatoms. The number of carbonyl (C=O) groups is 2. The Kier molecular flexibility index (Phi) is 4.03. The van der Waals surface area contributed by atoms with Gasteiger partial charge in [-0.3, -0.25) is 4.79 Å². The van der Waals surface area contributed by atoms with E-state index < -0.39 is 11.8 Å². The Morgan fingerprint density at radius 2 is 1.62 bits per heavy atom. The van der Waals surface area contributed by atoms with Crippen LogP contribution in [0.25, 0.3) is 0 Å². The molecule has 0 radical (unpaired) electrons. The van der Waals surface area contributed by atoms with Gasteiger partial charge in [0.25, 0.3) is 5.91 Å². The number of hydrogen-bond acceptors (Lipinski definition) is 2. The summed E-state index contributed by atoms with van der Waals surface area (Å²) in [5.41, 5.74) is 2.14. The maximum Gasteiger partial charge on any atom is 0.335 e. The normalized spacial score (nSPS) is 10.2. The summed E-state index contributed by atoms with van der Waals surface area (Å²) in [5.74, 6) is -1.78. The van der Waals surface area contributed by atoms with Gasteiger partial charge in [0, 0.05) is 11.3 Å². The molecule has 108 valence electrons. The van der Waals surface area contributed by atoms with Gasteiger partial charge in [0.1, 0.15) is 5.82 Å². The van der Waals surface area contributed by atoms with Crippen LogP contribution in [0.3, 0.4) is 0 Å². The van der Waals surface area contributed by atoms with Crippen LogP contribution in [-0.2, 0) is 0 Å². The number of carbonyl (C=O) groups excluding carboxylic acids is 1. The molecule has 0 aliphatic heterocycles. The van der Waals surface area contributed by atoms with Crippen LogP contribution in [0.5, 0.6) is 0 Å². The summed E-state index contributed by atoms with van der Waals surface area (Å²) in [6.07, 6.45) is 0. The Morgan fingerprint density at radius 3 is 2.19 bits per heavy atom. The minimum atomic E-state index is -1.01. The van der Waals surface area contributed by atoms with Crippen molar-refractivity contribution in [3.05, 3.63) is 64.5 Å². The number of benzene rings is 2. The number of aryl methyl sites for hydroxylation is 2. The van der Waals surface area contributed by atoms with Crippen LogP contribution < -0.4 is 5.32 Å². The Balaban J connectivity index is 2.23. The third-order valence-corrected chi connectivity index (χ3v) is 3.15. The van der Waals surface area contributed by atoms with E-state index in [2.05, 4.69) is 5.32 Å². The minimum absolute atomic E-state index is 0.186. The van der Waals surface area contributed by atoms with E-state index in [4.69, 9.17) is 5.11 Å². The van der Waals surface area contributed by atoms with E-state index >= 15 is 0 Å². The monoisotopic (exact) mass is 287 g/mol. The SMILES string of the molecule is Cc1cc(NC(=O)c2ccc(F)cc2C)ccc1C(=O)O. The molecule has 0 atom stereocenters. The zero-order valence-electron chi connectivity index (χ0n) is 11.6. The summed E-state index contributed by atoms with van der Waals surface area (Å²) >= 11 is 0. The molecular weight excluding hydrogens is 273 g/mol. The molecule has 0 aliphatic carbocycles. The molecule has 2 N–H and O–H groups in total. The summed E-state index contributed by atoms with van der Waals surface area (Å²) in [5, 5.41) is 11.6. The molecule has 4 nitrogen and oxygen atoms in total. The van der Waals surface area contributed by atoms with Crippen molar-refractivity contribution >= 4 is 17.6 Å². The third kappa shape index (κ3) is 3.25. The number of halogens is 1. The average Bonchev–Trinajstić information content (AvgIpc) is 2.37. The highest BCUT2D eigenvalue weighted by molar-refractivity contribution is 6.05. The molecule has 0 spiro atoms. The summed E-state index contributed by atoms with van der Waals surface area (Å²) in [6, 6.07) is 8.46. The fourth-order valence-corrected chi connectivity index (χ4v) is 2.06. The first-order valence-corrected chi connectivity index (χ1v) is 6.30. The van der Waals surface area contributed by atoms with Crippen molar-refractivity contribution in [3.8, 4) is 0 Å². The Bertz CT molecular complexity index is 725. The summed E-state index contributed by atoms with van der Waals surface area (Å²) < 4.78 is 13.0. The minimum Gasteiger partial charge on any atom is -0.478 e. The van der Waals surface area contributed by atoms with Gasteiger partial charge < -0.3 is 10.4 Å². The predicted octanol–water partition coefficient (Wildman–Crippen LogP) is 3.39.